The SMILES string of the molecule is CNC(=O)NC(=O)CCN1CC[C@@H](Nc2ccccc2)C1. The summed E-state index contributed by atoms with van der Waals surface area (Å²) in [5.74, 6) is -0.242. The monoisotopic (exact) mass is 290 g/mol. The zero-order chi connectivity index (χ0) is 15.1. The van der Waals surface area contributed by atoms with Crippen LogP contribution in [0, 0.1) is 0 Å². The summed E-state index contributed by atoms with van der Waals surface area (Å²) in [7, 11) is 1.49. The standard InChI is InChI=1S/C15H22N4O2/c1-16-15(21)18-14(20)8-10-19-9-7-13(11-19)17-12-5-3-2-4-6-12/h2-6,13,17H,7-11H2,1H3,(H2,16,18,20,21)/t13-/m1/s1. The highest BCUT2D eigenvalue weighted by Gasteiger charge is 2.22. The van der Waals surface area contributed by atoms with Crippen molar-refractivity contribution < 1.29 is 9.59 Å². The summed E-state index contributed by atoms with van der Waals surface area (Å²) in [6.07, 6.45) is 1.40. The average Bonchev–Trinajstić information content (AvgIpc) is 2.93. The van der Waals surface area contributed by atoms with Gasteiger partial charge in [-0.2, -0.15) is 0 Å². The maximum atomic E-state index is 11.5. The lowest BCUT2D eigenvalue weighted by Crippen LogP contribution is -2.39. The van der Waals surface area contributed by atoms with Gasteiger partial charge in [0, 0.05) is 44.8 Å². The molecule has 0 aromatic heterocycles. The zero-order valence-electron chi connectivity index (χ0n) is 12.3. The van der Waals surface area contributed by atoms with Crippen molar-refractivity contribution in [2.24, 2.45) is 0 Å². The molecule has 1 atom stereocenters. The molecule has 0 radical (unpaired) electrons. The van der Waals surface area contributed by atoms with E-state index in [1.807, 2.05) is 18.2 Å². The molecule has 6 nitrogen and oxygen atoms in total. The van der Waals surface area contributed by atoms with Gasteiger partial charge in [-0.3, -0.25) is 10.1 Å². The lowest BCUT2D eigenvalue weighted by Gasteiger charge is -2.17. The summed E-state index contributed by atoms with van der Waals surface area (Å²) in [6.45, 7) is 2.57. The second-order valence-corrected chi connectivity index (χ2v) is 5.17. The van der Waals surface area contributed by atoms with Crippen LogP contribution in [0.5, 0.6) is 0 Å². The van der Waals surface area contributed by atoms with Crippen molar-refractivity contribution in [3.8, 4) is 0 Å². The molecule has 6 heteroatoms. The number of likely N-dealkylation sites (tertiary alicyclic amines) is 1. The minimum absolute atomic E-state index is 0.242. The van der Waals surface area contributed by atoms with E-state index in [9.17, 15) is 9.59 Å². The highest BCUT2D eigenvalue weighted by Crippen LogP contribution is 2.15. The van der Waals surface area contributed by atoms with E-state index in [-0.39, 0.29) is 5.91 Å². The number of hydrogen-bond donors (Lipinski definition) is 3. The fourth-order valence-corrected chi connectivity index (χ4v) is 2.43. The van der Waals surface area contributed by atoms with E-state index >= 15 is 0 Å². The van der Waals surface area contributed by atoms with Gasteiger partial charge in [-0.05, 0) is 18.6 Å². The predicted molar refractivity (Wildman–Crippen MR) is 82.1 cm³/mol. The first-order valence-corrected chi connectivity index (χ1v) is 7.23. The van der Waals surface area contributed by atoms with Crippen LogP contribution >= 0.6 is 0 Å². The van der Waals surface area contributed by atoms with Crippen molar-refractivity contribution in [1.29, 1.82) is 0 Å². The molecular weight excluding hydrogens is 268 g/mol. The number of carbonyl (C=O) groups excluding carboxylic acids is 2. The van der Waals surface area contributed by atoms with Gasteiger partial charge in [0.2, 0.25) is 5.91 Å². The first-order valence-electron chi connectivity index (χ1n) is 7.23. The number of hydrogen-bond acceptors (Lipinski definition) is 4. The fraction of sp³-hybridized carbons (Fsp3) is 0.467. The highest BCUT2D eigenvalue weighted by atomic mass is 16.2. The van der Waals surface area contributed by atoms with E-state index in [0.717, 1.165) is 25.2 Å². The summed E-state index contributed by atoms with van der Waals surface area (Å²) in [4.78, 5) is 24.8. The van der Waals surface area contributed by atoms with E-state index in [1.165, 1.54) is 7.05 Å². The first kappa shape index (κ1) is 15.3. The molecule has 1 saturated heterocycles. The second kappa shape index (κ2) is 7.64. The van der Waals surface area contributed by atoms with Gasteiger partial charge in [-0.25, -0.2) is 4.79 Å². The average molecular weight is 290 g/mol. The van der Waals surface area contributed by atoms with Gasteiger partial charge < -0.3 is 15.5 Å². The third-order valence-electron chi connectivity index (χ3n) is 3.55. The second-order valence-electron chi connectivity index (χ2n) is 5.17. The minimum atomic E-state index is -0.454. The molecule has 0 spiro atoms. The van der Waals surface area contributed by atoms with Crippen molar-refractivity contribution in [3.05, 3.63) is 30.3 Å². The Morgan fingerprint density at radius 1 is 1.29 bits per heavy atom. The van der Waals surface area contributed by atoms with Crippen LogP contribution < -0.4 is 16.0 Å². The lowest BCUT2D eigenvalue weighted by molar-refractivity contribution is -0.120. The Hall–Kier alpha value is -2.08. The van der Waals surface area contributed by atoms with Crippen LogP contribution in [0.2, 0.25) is 0 Å². The van der Waals surface area contributed by atoms with Crippen LogP contribution in [0.15, 0.2) is 30.3 Å². The minimum Gasteiger partial charge on any atom is -0.381 e. The lowest BCUT2D eigenvalue weighted by atomic mass is 10.2. The molecule has 0 bridgehead atoms. The number of carbonyl (C=O) groups is 2. The number of urea groups is 1. The molecular formula is C15H22N4O2. The molecule has 3 N–H and O–H groups in total. The number of benzene rings is 1. The number of imide groups is 1. The van der Waals surface area contributed by atoms with E-state index in [4.69, 9.17) is 0 Å². The predicted octanol–water partition coefficient (Wildman–Crippen LogP) is 1.02. The van der Waals surface area contributed by atoms with Crippen molar-refractivity contribution >= 4 is 17.6 Å². The van der Waals surface area contributed by atoms with Gasteiger partial charge in [0.1, 0.15) is 0 Å². The van der Waals surface area contributed by atoms with E-state index in [2.05, 4.69) is 33.0 Å². The smallest absolute Gasteiger partial charge is 0.321 e. The summed E-state index contributed by atoms with van der Waals surface area (Å²) in [5, 5.41) is 8.13. The van der Waals surface area contributed by atoms with Gasteiger partial charge in [0.05, 0.1) is 0 Å². The number of anilines is 1. The Balaban J connectivity index is 1.68. The van der Waals surface area contributed by atoms with E-state index < -0.39 is 6.03 Å². The first-order chi connectivity index (χ1) is 10.2. The topological polar surface area (TPSA) is 73.5 Å². The Morgan fingerprint density at radius 3 is 2.76 bits per heavy atom. The van der Waals surface area contributed by atoms with Crippen molar-refractivity contribution in [3.63, 3.8) is 0 Å². The zero-order valence-corrected chi connectivity index (χ0v) is 12.3. The number of amides is 3. The molecule has 2 rings (SSSR count). The van der Waals surface area contributed by atoms with Crippen LogP contribution in [0.3, 0.4) is 0 Å². The van der Waals surface area contributed by atoms with Gasteiger partial charge in [0.25, 0.3) is 0 Å². The summed E-state index contributed by atoms with van der Waals surface area (Å²) < 4.78 is 0. The highest BCUT2D eigenvalue weighted by molar-refractivity contribution is 5.94. The maximum absolute atomic E-state index is 11.5. The van der Waals surface area contributed by atoms with Crippen LogP contribution in [0.1, 0.15) is 12.8 Å². The molecule has 0 unspecified atom stereocenters. The Bertz CT molecular complexity index is 478. The molecule has 21 heavy (non-hydrogen) atoms. The molecule has 1 aliphatic heterocycles. The fourth-order valence-electron chi connectivity index (χ4n) is 2.43. The molecule has 3 amide bonds. The number of nitrogens with zero attached hydrogens (tertiary/aromatic N) is 1. The number of para-hydroxylation sites is 1. The van der Waals surface area contributed by atoms with Crippen molar-refractivity contribution in [2.75, 3.05) is 32.0 Å². The van der Waals surface area contributed by atoms with Gasteiger partial charge in [-0.1, -0.05) is 18.2 Å². The van der Waals surface area contributed by atoms with Crippen LogP contribution in [-0.2, 0) is 4.79 Å². The quantitative estimate of drug-likeness (QED) is 0.757. The third-order valence-corrected chi connectivity index (χ3v) is 3.55. The summed E-state index contributed by atoms with van der Waals surface area (Å²) in [6, 6.07) is 10.1. The number of nitrogens with one attached hydrogen (secondary N) is 3. The molecule has 1 aromatic rings. The molecule has 0 saturated carbocycles. The molecule has 1 fully saturated rings. The van der Waals surface area contributed by atoms with Crippen molar-refractivity contribution in [1.82, 2.24) is 15.5 Å². The van der Waals surface area contributed by atoms with Crippen LogP contribution in [0.25, 0.3) is 0 Å². The Labute approximate surface area is 124 Å². The molecule has 1 aliphatic rings. The molecule has 1 heterocycles. The number of rotatable bonds is 5. The largest absolute Gasteiger partial charge is 0.381 e. The molecule has 114 valence electrons. The van der Waals surface area contributed by atoms with Crippen LogP contribution in [-0.4, -0.2) is 49.6 Å². The molecule has 1 aromatic carbocycles. The van der Waals surface area contributed by atoms with E-state index in [0.29, 0.717) is 19.0 Å². The van der Waals surface area contributed by atoms with E-state index in [1.54, 1.807) is 0 Å². The van der Waals surface area contributed by atoms with Gasteiger partial charge >= 0.3 is 6.03 Å². The Kier molecular flexibility index (Phi) is 5.57. The summed E-state index contributed by atoms with van der Waals surface area (Å²) >= 11 is 0. The normalized spacial score (nSPS) is 18.2. The summed E-state index contributed by atoms with van der Waals surface area (Å²) in [5.41, 5.74) is 1.13. The van der Waals surface area contributed by atoms with Crippen LogP contribution in [0.4, 0.5) is 10.5 Å². The van der Waals surface area contributed by atoms with Crippen molar-refractivity contribution in [2.45, 2.75) is 18.9 Å². The van der Waals surface area contributed by atoms with Gasteiger partial charge in [0.15, 0.2) is 0 Å². The third kappa shape index (κ3) is 5.07. The maximum Gasteiger partial charge on any atom is 0.321 e. The Morgan fingerprint density at radius 2 is 2.05 bits per heavy atom. The van der Waals surface area contributed by atoms with Gasteiger partial charge in [-0.15, -0.1) is 0 Å². The molecule has 0 aliphatic carbocycles.